The second kappa shape index (κ2) is 6.21. The summed E-state index contributed by atoms with van der Waals surface area (Å²) in [6.07, 6.45) is 0. The maximum atomic E-state index is 10.8. The van der Waals surface area contributed by atoms with Gasteiger partial charge in [0.15, 0.2) is 0 Å². The maximum Gasteiger partial charge on any atom is 0.317 e. The highest BCUT2D eigenvalue weighted by Gasteiger charge is 2.17. The molecule has 4 heteroatoms. The number of nitrogens with two attached hydrogens (primary N) is 1. The van der Waals surface area contributed by atoms with E-state index in [4.69, 9.17) is 10.8 Å². The summed E-state index contributed by atoms with van der Waals surface area (Å²) in [5.41, 5.74) is 9.68. The van der Waals surface area contributed by atoms with E-state index < -0.39 is 5.97 Å². The lowest BCUT2D eigenvalue weighted by atomic mass is 9.96. The number of carbonyl (C=O) groups is 1. The molecule has 0 amide bonds. The Balaban J connectivity index is 2.40. The van der Waals surface area contributed by atoms with E-state index in [1.165, 1.54) is 0 Å². The van der Waals surface area contributed by atoms with Crippen LogP contribution in [0.1, 0.15) is 22.7 Å². The standard InChI is InChI=1S/C16H18N2O2/c1-11-7-8-14(17)13(9-11)16(18-10-15(19)20)12-5-3-2-4-6-12/h2-9,16,18H,10,17H2,1H3,(H,19,20). The van der Waals surface area contributed by atoms with Crippen LogP contribution in [0.3, 0.4) is 0 Å². The first-order chi connectivity index (χ1) is 9.58. The van der Waals surface area contributed by atoms with Gasteiger partial charge in [-0.2, -0.15) is 0 Å². The molecule has 4 nitrogen and oxygen atoms in total. The zero-order chi connectivity index (χ0) is 14.5. The molecule has 1 atom stereocenters. The molecule has 104 valence electrons. The van der Waals surface area contributed by atoms with Gasteiger partial charge in [-0.15, -0.1) is 0 Å². The van der Waals surface area contributed by atoms with Crippen molar-refractivity contribution >= 4 is 11.7 Å². The van der Waals surface area contributed by atoms with E-state index in [0.29, 0.717) is 5.69 Å². The molecular formula is C16H18N2O2. The Hall–Kier alpha value is -2.33. The van der Waals surface area contributed by atoms with Crippen molar-refractivity contribution in [3.8, 4) is 0 Å². The van der Waals surface area contributed by atoms with Crippen molar-refractivity contribution in [2.24, 2.45) is 0 Å². The molecule has 2 rings (SSSR count). The van der Waals surface area contributed by atoms with Crippen LogP contribution in [0.5, 0.6) is 0 Å². The quantitative estimate of drug-likeness (QED) is 0.729. The molecule has 0 aliphatic carbocycles. The molecule has 0 spiro atoms. The van der Waals surface area contributed by atoms with E-state index in [0.717, 1.165) is 16.7 Å². The first-order valence-electron chi connectivity index (χ1n) is 6.44. The van der Waals surface area contributed by atoms with Crippen molar-refractivity contribution in [3.05, 3.63) is 65.2 Å². The van der Waals surface area contributed by atoms with E-state index >= 15 is 0 Å². The number of aryl methyl sites for hydroxylation is 1. The highest BCUT2D eigenvalue weighted by Crippen LogP contribution is 2.27. The minimum absolute atomic E-state index is 0.118. The number of nitrogens with one attached hydrogen (secondary N) is 1. The molecule has 0 aromatic heterocycles. The third kappa shape index (κ3) is 3.36. The largest absolute Gasteiger partial charge is 0.480 e. The zero-order valence-corrected chi connectivity index (χ0v) is 11.3. The molecule has 0 saturated carbocycles. The summed E-state index contributed by atoms with van der Waals surface area (Å²) in [4.78, 5) is 10.8. The number of carboxylic acid groups (broad SMARTS) is 1. The fourth-order valence-electron chi connectivity index (χ4n) is 2.19. The number of hydrogen-bond acceptors (Lipinski definition) is 3. The summed E-state index contributed by atoms with van der Waals surface area (Å²) >= 11 is 0. The van der Waals surface area contributed by atoms with Crippen LogP contribution in [0.15, 0.2) is 48.5 Å². The van der Waals surface area contributed by atoms with Gasteiger partial charge in [0.2, 0.25) is 0 Å². The van der Waals surface area contributed by atoms with Crippen molar-refractivity contribution in [1.29, 1.82) is 0 Å². The molecule has 0 bridgehead atoms. The van der Waals surface area contributed by atoms with Crippen LogP contribution in [-0.4, -0.2) is 17.6 Å². The van der Waals surface area contributed by atoms with Gasteiger partial charge in [-0.1, -0.05) is 48.0 Å². The Kier molecular flexibility index (Phi) is 4.38. The van der Waals surface area contributed by atoms with Crippen LogP contribution in [0.4, 0.5) is 5.69 Å². The minimum Gasteiger partial charge on any atom is -0.480 e. The first kappa shape index (κ1) is 14.1. The number of hydrogen-bond donors (Lipinski definition) is 3. The first-order valence-corrected chi connectivity index (χ1v) is 6.44. The van der Waals surface area contributed by atoms with Crippen LogP contribution in [0, 0.1) is 6.92 Å². The highest BCUT2D eigenvalue weighted by molar-refractivity contribution is 5.69. The van der Waals surface area contributed by atoms with Crippen molar-refractivity contribution in [2.75, 3.05) is 12.3 Å². The van der Waals surface area contributed by atoms with Crippen molar-refractivity contribution in [3.63, 3.8) is 0 Å². The Morgan fingerprint density at radius 2 is 1.95 bits per heavy atom. The van der Waals surface area contributed by atoms with E-state index in [1.807, 2.05) is 55.5 Å². The molecule has 2 aromatic carbocycles. The Morgan fingerprint density at radius 3 is 2.60 bits per heavy atom. The second-order valence-electron chi connectivity index (χ2n) is 4.75. The summed E-state index contributed by atoms with van der Waals surface area (Å²) in [6, 6.07) is 15.3. The lowest BCUT2D eigenvalue weighted by Crippen LogP contribution is -2.28. The molecule has 0 aliphatic rings. The number of aliphatic carboxylic acids is 1. The van der Waals surface area contributed by atoms with Gasteiger partial charge in [-0.3, -0.25) is 10.1 Å². The molecule has 0 radical (unpaired) electrons. The van der Waals surface area contributed by atoms with E-state index in [2.05, 4.69) is 5.32 Å². The summed E-state index contributed by atoms with van der Waals surface area (Å²) in [5.74, 6) is -0.892. The SMILES string of the molecule is Cc1ccc(N)c(C(NCC(=O)O)c2ccccc2)c1. The van der Waals surface area contributed by atoms with Gasteiger partial charge in [-0.05, 0) is 24.1 Å². The molecular weight excluding hydrogens is 252 g/mol. The van der Waals surface area contributed by atoms with Gasteiger partial charge in [0.05, 0.1) is 12.6 Å². The van der Waals surface area contributed by atoms with Gasteiger partial charge in [-0.25, -0.2) is 0 Å². The average Bonchev–Trinajstić information content (AvgIpc) is 2.43. The Bertz CT molecular complexity index is 597. The van der Waals surface area contributed by atoms with Crippen LogP contribution in [-0.2, 0) is 4.79 Å². The van der Waals surface area contributed by atoms with E-state index in [9.17, 15) is 4.79 Å². The van der Waals surface area contributed by atoms with Crippen LogP contribution >= 0.6 is 0 Å². The Morgan fingerprint density at radius 1 is 1.25 bits per heavy atom. The molecule has 2 aromatic rings. The lowest BCUT2D eigenvalue weighted by Gasteiger charge is -2.21. The number of rotatable bonds is 5. The molecule has 0 fully saturated rings. The summed E-state index contributed by atoms with van der Waals surface area (Å²) < 4.78 is 0. The number of carboxylic acids is 1. The predicted octanol–water partition coefficient (Wildman–Crippen LogP) is 2.34. The third-order valence-electron chi connectivity index (χ3n) is 3.14. The molecule has 20 heavy (non-hydrogen) atoms. The van der Waals surface area contributed by atoms with Gasteiger partial charge in [0.1, 0.15) is 0 Å². The zero-order valence-electron chi connectivity index (χ0n) is 11.3. The highest BCUT2D eigenvalue weighted by atomic mass is 16.4. The van der Waals surface area contributed by atoms with E-state index in [-0.39, 0.29) is 12.6 Å². The van der Waals surface area contributed by atoms with Gasteiger partial charge in [0, 0.05) is 5.69 Å². The predicted molar refractivity (Wildman–Crippen MR) is 79.5 cm³/mol. The van der Waals surface area contributed by atoms with Crippen molar-refractivity contribution in [2.45, 2.75) is 13.0 Å². The van der Waals surface area contributed by atoms with Crippen LogP contribution < -0.4 is 11.1 Å². The number of anilines is 1. The third-order valence-corrected chi connectivity index (χ3v) is 3.14. The fraction of sp³-hybridized carbons (Fsp3) is 0.188. The average molecular weight is 270 g/mol. The molecule has 1 unspecified atom stereocenters. The maximum absolute atomic E-state index is 10.8. The van der Waals surface area contributed by atoms with Gasteiger partial charge in [0.25, 0.3) is 0 Å². The Labute approximate surface area is 118 Å². The normalized spacial score (nSPS) is 12.1. The van der Waals surface area contributed by atoms with Gasteiger partial charge < -0.3 is 10.8 Å². The number of benzene rings is 2. The smallest absolute Gasteiger partial charge is 0.317 e. The summed E-state index contributed by atoms with van der Waals surface area (Å²) in [5, 5.41) is 11.9. The molecule has 0 saturated heterocycles. The fourth-order valence-corrected chi connectivity index (χ4v) is 2.19. The summed E-state index contributed by atoms with van der Waals surface area (Å²) in [7, 11) is 0. The van der Waals surface area contributed by atoms with Crippen molar-refractivity contribution in [1.82, 2.24) is 5.32 Å². The minimum atomic E-state index is -0.892. The van der Waals surface area contributed by atoms with Crippen LogP contribution in [0.2, 0.25) is 0 Å². The molecule has 0 aliphatic heterocycles. The molecule has 0 heterocycles. The number of nitrogen functional groups attached to an aromatic ring is 1. The van der Waals surface area contributed by atoms with Crippen molar-refractivity contribution < 1.29 is 9.90 Å². The van der Waals surface area contributed by atoms with Crippen LogP contribution in [0.25, 0.3) is 0 Å². The summed E-state index contributed by atoms with van der Waals surface area (Å²) in [6.45, 7) is 1.87. The second-order valence-corrected chi connectivity index (χ2v) is 4.75. The monoisotopic (exact) mass is 270 g/mol. The topological polar surface area (TPSA) is 75.3 Å². The molecule has 4 N–H and O–H groups in total. The van der Waals surface area contributed by atoms with E-state index in [1.54, 1.807) is 0 Å². The van der Waals surface area contributed by atoms with Gasteiger partial charge >= 0.3 is 5.97 Å². The lowest BCUT2D eigenvalue weighted by molar-refractivity contribution is -0.136.